The average Bonchev–Trinajstić information content (AvgIpc) is 3.11. The summed E-state index contributed by atoms with van der Waals surface area (Å²) in [5, 5.41) is 11.9. The van der Waals surface area contributed by atoms with E-state index < -0.39 is 17.5 Å². The van der Waals surface area contributed by atoms with Crippen molar-refractivity contribution in [2.75, 3.05) is 24.6 Å². The number of aliphatic hydroxyl groups is 1. The van der Waals surface area contributed by atoms with Gasteiger partial charge in [0.25, 0.3) is 5.91 Å². The first-order chi connectivity index (χ1) is 20.8. The van der Waals surface area contributed by atoms with Crippen LogP contribution in [0, 0.1) is 23.7 Å². The highest BCUT2D eigenvalue weighted by Gasteiger charge is 2.42. The average molecular weight is 625 g/mol. The number of fused-ring (bicyclic) bond motifs is 2. The standard InChI is InChI=1S/C35H45ClN2O4S/c1-3-6-24-17-28(36)13-15-29(24)27-20-38-19-26-11-14-30(26)32(39)10-4-7-22(2)34(23-8-5-9-23)43(41)37-35(40)25-12-16-33(42-21-27)31(38)18-25/h4,10,12-13,15-18,22-23,26-27,30,32,34,39H,3,5-9,11,14,19-21H2,1-2H3,(H,37,40)/b10-4+. The lowest BCUT2D eigenvalue weighted by Gasteiger charge is -2.42. The topological polar surface area (TPSA) is 84.9 Å². The number of aryl methyl sites for hydroxylation is 1. The first kappa shape index (κ1) is 30.8. The second-order valence-electron chi connectivity index (χ2n) is 13.2. The molecular formula is C35H45ClN2O4S. The molecule has 2 N–H and O–H groups in total. The molecule has 0 saturated heterocycles. The predicted octanol–water partition coefficient (Wildman–Crippen LogP) is 6.82. The smallest absolute Gasteiger partial charge is 0.292 e. The summed E-state index contributed by atoms with van der Waals surface area (Å²) in [4.78, 5) is 15.9. The van der Waals surface area contributed by atoms with Gasteiger partial charge in [0.1, 0.15) is 11.0 Å². The van der Waals surface area contributed by atoms with E-state index in [2.05, 4.69) is 41.7 Å². The van der Waals surface area contributed by atoms with Crippen molar-refractivity contribution in [1.82, 2.24) is 4.72 Å². The normalized spacial score (nSPS) is 32.3. The number of anilines is 1. The minimum atomic E-state index is -1.50. The Balaban J connectivity index is 1.35. The maximum Gasteiger partial charge on any atom is 0.292 e. The van der Waals surface area contributed by atoms with Crippen LogP contribution in [-0.2, 0) is 17.8 Å². The van der Waals surface area contributed by atoms with Crippen molar-refractivity contribution in [3.63, 3.8) is 0 Å². The number of aliphatic hydroxyl groups excluding tert-OH is 1. The number of hydrogen-bond acceptors (Lipinski definition) is 5. The molecule has 2 heterocycles. The number of nitrogens with one attached hydrogen (secondary N) is 1. The van der Waals surface area contributed by atoms with E-state index in [9.17, 15) is 14.5 Å². The number of carbonyl (C=O) groups excluding carboxylic acids is 1. The number of hydrogen-bond donors (Lipinski definition) is 2. The minimum Gasteiger partial charge on any atom is -0.593 e. The van der Waals surface area contributed by atoms with Crippen molar-refractivity contribution in [2.45, 2.75) is 82.5 Å². The molecule has 232 valence electrons. The maximum atomic E-state index is 13.6. The van der Waals surface area contributed by atoms with Crippen LogP contribution in [0.25, 0.3) is 0 Å². The van der Waals surface area contributed by atoms with Crippen molar-refractivity contribution in [2.24, 2.45) is 23.7 Å². The van der Waals surface area contributed by atoms with Crippen LogP contribution in [0.15, 0.2) is 48.6 Å². The van der Waals surface area contributed by atoms with Crippen LogP contribution in [0.5, 0.6) is 5.75 Å². The molecule has 8 heteroatoms. The summed E-state index contributed by atoms with van der Waals surface area (Å²) in [6.07, 6.45) is 11.6. The molecule has 4 aliphatic rings. The maximum absolute atomic E-state index is 13.6. The van der Waals surface area contributed by atoms with Crippen LogP contribution >= 0.6 is 11.6 Å². The van der Waals surface area contributed by atoms with E-state index in [0.29, 0.717) is 24.0 Å². The van der Waals surface area contributed by atoms with Crippen molar-refractivity contribution < 1.29 is 19.2 Å². The molecule has 0 spiro atoms. The number of ether oxygens (including phenoxy) is 1. The summed E-state index contributed by atoms with van der Waals surface area (Å²) in [6, 6.07) is 11.8. The van der Waals surface area contributed by atoms with Gasteiger partial charge in [-0.3, -0.25) is 4.79 Å². The van der Waals surface area contributed by atoms with Crippen molar-refractivity contribution >= 4 is 34.6 Å². The summed E-state index contributed by atoms with van der Waals surface area (Å²) in [5.41, 5.74) is 3.89. The fraction of sp³-hybridized carbons (Fsp3) is 0.571. The molecule has 7 unspecified atom stereocenters. The van der Waals surface area contributed by atoms with Crippen LogP contribution in [0.3, 0.4) is 0 Å². The number of benzene rings is 2. The number of allylic oxidation sites excluding steroid dienone is 1. The van der Waals surface area contributed by atoms with E-state index in [4.69, 9.17) is 16.3 Å². The second kappa shape index (κ2) is 13.4. The Kier molecular flexibility index (Phi) is 9.63. The predicted molar refractivity (Wildman–Crippen MR) is 174 cm³/mol. The Bertz CT molecular complexity index is 1330. The summed E-state index contributed by atoms with van der Waals surface area (Å²) in [7, 11) is 0. The molecule has 2 aliphatic heterocycles. The molecule has 2 aromatic carbocycles. The zero-order chi connectivity index (χ0) is 30.1. The third-order valence-corrected chi connectivity index (χ3v) is 12.3. The van der Waals surface area contributed by atoms with E-state index in [1.807, 2.05) is 24.3 Å². The number of nitrogens with zero attached hydrogens (tertiary/aromatic N) is 1. The molecule has 7 atom stereocenters. The fourth-order valence-corrected chi connectivity index (χ4v) is 9.34. The lowest BCUT2D eigenvalue weighted by molar-refractivity contribution is 0.0460. The molecule has 6 rings (SSSR count). The molecule has 6 nitrogen and oxygen atoms in total. The van der Waals surface area contributed by atoms with Crippen molar-refractivity contribution in [3.05, 3.63) is 70.3 Å². The van der Waals surface area contributed by atoms with Gasteiger partial charge in [0.15, 0.2) is 0 Å². The highest BCUT2D eigenvalue weighted by Crippen LogP contribution is 2.43. The first-order valence-electron chi connectivity index (χ1n) is 16.2. The highest BCUT2D eigenvalue weighted by molar-refractivity contribution is 7.90. The number of rotatable bonds is 4. The van der Waals surface area contributed by atoms with Crippen LogP contribution in [0.1, 0.15) is 86.2 Å². The molecule has 1 amide bonds. The zero-order valence-electron chi connectivity index (χ0n) is 25.3. The largest absolute Gasteiger partial charge is 0.593 e. The molecular weight excluding hydrogens is 580 g/mol. The third-order valence-electron chi connectivity index (χ3n) is 10.3. The van der Waals surface area contributed by atoms with Gasteiger partial charge in [-0.15, -0.1) is 0 Å². The van der Waals surface area contributed by atoms with Gasteiger partial charge < -0.3 is 19.3 Å². The van der Waals surface area contributed by atoms with Crippen LogP contribution < -0.4 is 14.4 Å². The number of halogens is 1. The van der Waals surface area contributed by atoms with Crippen LogP contribution in [0.4, 0.5) is 5.69 Å². The van der Waals surface area contributed by atoms with E-state index in [0.717, 1.165) is 80.9 Å². The van der Waals surface area contributed by atoms with Crippen molar-refractivity contribution in [1.29, 1.82) is 0 Å². The zero-order valence-corrected chi connectivity index (χ0v) is 26.9. The summed E-state index contributed by atoms with van der Waals surface area (Å²) >= 11 is 4.90. The fourth-order valence-electron chi connectivity index (χ4n) is 7.56. The SMILES string of the molecule is CCCc1cc(Cl)ccc1C1COc2ccc3cc2N(C1)CC1CCC1C(O)/C=C/CC(C)C(C1CCC1)[S+]([O-])NC3=O. The molecule has 0 radical (unpaired) electrons. The lowest BCUT2D eigenvalue weighted by Crippen LogP contribution is -2.47. The summed E-state index contributed by atoms with van der Waals surface area (Å²) < 4.78 is 23.0. The third kappa shape index (κ3) is 6.61. The van der Waals surface area contributed by atoms with Gasteiger partial charge in [-0.05, 0) is 91.8 Å². The quantitative estimate of drug-likeness (QED) is 0.288. The van der Waals surface area contributed by atoms with Gasteiger partial charge >= 0.3 is 0 Å². The van der Waals surface area contributed by atoms with Gasteiger partial charge in [0.05, 0.1) is 29.8 Å². The number of amides is 1. The van der Waals surface area contributed by atoms with Crippen molar-refractivity contribution in [3.8, 4) is 5.75 Å². The van der Waals surface area contributed by atoms with E-state index >= 15 is 0 Å². The van der Waals surface area contributed by atoms with Gasteiger partial charge in [0.2, 0.25) is 0 Å². The molecule has 2 fully saturated rings. The lowest BCUT2D eigenvalue weighted by atomic mass is 9.70. The first-order valence-corrected chi connectivity index (χ1v) is 17.8. The van der Waals surface area contributed by atoms with Gasteiger partial charge in [-0.25, -0.2) is 0 Å². The van der Waals surface area contributed by atoms with Gasteiger partial charge in [0, 0.05) is 41.4 Å². The molecule has 43 heavy (non-hydrogen) atoms. The van der Waals surface area contributed by atoms with E-state index in [1.54, 1.807) is 6.07 Å². The van der Waals surface area contributed by atoms with Crippen LogP contribution in [-0.4, -0.2) is 46.6 Å². The Morgan fingerprint density at radius 3 is 2.67 bits per heavy atom. The summed E-state index contributed by atoms with van der Waals surface area (Å²) in [5.74, 6) is 1.59. The molecule has 0 aromatic heterocycles. The minimum absolute atomic E-state index is 0.109. The van der Waals surface area contributed by atoms with Gasteiger partial charge in [-0.2, -0.15) is 4.72 Å². The Morgan fingerprint density at radius 1 is 1.12 bits per heavy atom. The number of carbonyl (C=O) groups is 1. The molecule has 2 aliphatic carbocycles. The van der Waals surface area contributed by atoms with E-state index in [-0.39, 0.29) is 28.9 Å². The Labute approximate surface area is 264 Å². The second-order valence-corrected chi connectivity index (χ2v) is 15.0. The van der Waals surface area contributed by atoms with Gasteiger partial charge in [-0.1, -0.05) is 56.5 Å². The van der Waals surface area contributed by atoms with E-state index in [1.165, 1.54) is 11.1 Å². The summed E-state index contributed by atoms with van der Waals surface area (Å²) in [6.45, 7) is 6.34. The molecule has 2 aromatic rings. The monoisotopic (exact) mass is 624 g/mol. The Hall–Kier alpha value is -2.19. The molecule has 2 saturated carbocycles. The Morgan fingerprint density at radius 2 is 1.95 bits per heavy atom. The van der Waals surface area contributed by atoms with Crippen LogP contribution in [0.2, 0.25) is 5.02 Å². The molecule has 2 bridgehead atoms. The highest BCUT2D eigenvalue weighted by atomic mass is 35.5.